The molecular weight excluding hydrogens is 203 g/mol. The maximum absolute atomic E-state index is 13.6. The molecule has 0 aliphatic heterocycles. The Hall–Kier alpha value is -0.893. The van der Waals surface area contributed by atoms with Crippen molar-refractivity contribution in [2.45, 2.75) is 31.2 Å². The molecule has 0 bridgehead atoms. The summed E-state index contributed by atoms with van der Waals surface area (Å²) < 4.78 is 13.6. The van der Waals surface area contributed by atoms with E-state index in [2.05, 4.69) is 13.5 Å². The zero-order chi connectivity index (χ0) is 11.3. The van der Waals surface area contributed by atoms with E-state index in [1.54, 1.807) is 0 Å². The number of hydrogen-bond acceptors (Lipinski definition) is 0. The van der Waals surface area contributed by atoms with Gasteiger partial charge in [-0.3, -0.25) is 0 Å². The van der Waals surface area contributed by atoms with Crippen molar-refractivity contribution in [1.29, 1.82) is 0 Å². The van der Waals surface area contributed by atoms with Gasteiger partial charge in [0.25, 0.3) is 0 Å². The molecule has 1 atom stereocenters. The lowest BCUT2D eigenvalue weighted by Crippen LogP contribution is -2.27. The molecule has 1 rings (SSSR count). The van der Waals surface area contributed by atoms with Crippen molar-refractivity contribution < 1.29 is 4.39 Å². The maximum atomic E-state index is 13.6. The van der Waals surface area contributed by atoms with Crippen molar-refractivity contribution in [2.24, 2.45) is 0 Å². The van der Waals surface area contributed by atoms with E-state index in [4.69, 9.17) is 0 Å². The largest absolute Gasteiger partial charge is 0.212 e. The van der Waals surface area contributed by atoms with E-state index in [0.717, 1.165) is 35.1 Å². The number of benzene rings is 1. The van der Waals surface area contributed by atoms with Gasteiger partial charge in [0.05, 0.1) is 5.83 Å². The van der Waals surface area contributed by atoms with E-state index >= 15 is 0 Å². The van der Waals surface area contributed by atoms with E-state index in [1.807, 2.05) is 30.3 Å². The smallest absolute Gasteiger partial charge is 0.0995 e. The second-order valence-electron chi connectivity index (χ2n) is 4.21. The number of allylic oxidation sites excluding steroid dienone is 1. The van der Waals surface area contributed by atoms with Crippen LogP contribution in [0.4, 0.5) is 4.39 Å². The van der Waals surface area contributed by atoms with Gasteiger partial charge in [-0.1, -0.05) is 56.7 Å². The number of halogens is 1. The standard InChI is InChI=1S/C13H19FSi/c1-3-4-10-13(15,11(2)14)12-8-6-5-7-9-12/h5-9H,2-4,10H2,1,15H3. The quantitative estimate of drug-likeness (QED) is 0.672. The van der Waals surface area contributed by atoms with Crippen LogP contribution < -0.4 is 0 Å². The van der Waals surface area contributed by atoms with Gasteiger partial charge >= 0.3 is 0 Å². The lowest BCUT2D eigenvalue weighted by atomic mass is 9.91. The Morgan fingerprint density at radius 3 is 2.47 bits per heavy atom. The van der Waals surface area contributed by atoms with Crippen LogP contribution in [-0.2, 0) is 5.04 Å². The Bertz CT molecular complexity index is 321. The molecular formula is C13H19FSi. The van der Waals surface area contributed by atoms with Crippen molar-refractivity contribution in [3.63, 3.8) is 0 Å². The number of hydrogen-bond donors (Lipinski definition) is 0. The minimum absolute atomic E-state index is 0.172. The maximum Gasteiger partial charge on any atom is 0.0995 e. The summed E-state index contributed by atoms with van der Waals surface area (Å²) in [6, 6.07) is 9.92. The minimum atomic E-state index is -0.378. The summed E-state index contributed by atoms with van der Waals surface area (Å²) in [6.07, 6.45) is 3.04. The van der Waals surface area contributed by atoms with Crippen LogP contribution in [0.25, 0.3) is 0 Å². The Morgan fingerprint density at radius 2 is 2.00 bits per heavy atom. The average Bonchev–Trinajstić information content (AvgIpc) is 2.27. The van der Waals surface area contributed by atoms with E-state index < -0.39 is 0 Å². The first kappa shape index (κ1) is 12.2. The summed E-state index contributed by atoms with van der Waals surface area (Å²) in [4.78, 5) is 0. The fourth-order valence-electron chi connectivity index (χ4n) is 1.77. The molecule has 0 aliphatic carbocycles. The fourth-order valence-corrected chi connectivity index (χ4v) is 2.46. The third-order valence-corrected chi connectivity index (χ3v) is 4.66. The second kappa shape index (κ2) is 5.26. The number of unbranched alkanes of at least 4 members (excludes halogenated alkanes) is 1. The van der Waals surface area contributed by atoms with Crippen LogP contribution in [0, 0.1) is 0 Å². The topological polar surface area (TPSA) is 0 Å². The summed E-state index contributed by atoms with van der Waals surface area (Å²) in [6.45, 7) is 5.66. The molecule has 0 N–H and O–H groups in total. The molecule has 2 heteroatoms. The first-order valence-corrected chi connectivity index (χ1v) is 6.51. The first-order chi connectivity index (χ1) is 7.11. The van der Waals surface area contributed by atoms with Gasteiger partial charge in [0, 0.05) is 15.3 Å². The first-order valence-electron chi connectivity index (χ1n) is 5.51. The third kappa shape index (κ3) is 2.78. The molecule has 1 unspecified atom stereocenters. The zero-order valence-electron chi connectivity index (χ0n) is 9.59. The molecule has 82 valence electrons. The van der Waals surface area contributed by atoms with Gasteiger partial charge in [-0.15, -0.1) is 0 Å². The van der Waals surface area contributed by atoms with Crippen LogP contribution >= 0.6 is 0 Å². The van der Waals surface area contributed by atoms with Crippen molar-refractivity contribution in [3.8, 4) is 0 Å². The van der Waals surface area contributed by atoms with E-state index in [0.29, 0.717) is 0 Å². The molecule has 0 spiro atoms. The average molecular weight is 222 g/mol. The molecule has 1 aromatic carbocycles. The fraction of sp³-hybridized carbons (Fsp3) is 0.385. The molecule has 0 aromatic heterocycles. The third-order valence-electron chi connectivity index (χ3n) is 3.04. The predicted molar refractivity (Wildman–Crippen MR) is 67.8 cm³/mol. The molecule has 15 heavy (non-hydrogen) atoms. The molecule has 1 aromatic rings. The Balaban J connectivity index is 2.96. The van der Waals surface area contributed by atoms with Crippen molar-refractivity contribution in [2.75, 3.05) is 0 Å². The van der Waals surface area contributed by atoms with Gasteiger partial charge in [0.2, 0.25) is 0 Å². The monoisotopic (exact) mass is 222 g/mol. The molecule has 0 aliphatic rings. The van der Waals surface area contributed by atoms with Crippen molar-refractivity contribution >= 4 is 10.2 Å². The van der Waals surface area contributed by atoms with Gasteiger partial charge < -0.3 is 0 Å². The number of rotatable bonds is 5. The van der Waals surface area contributed by atoms with Gasteiger partial charge in [-0.2, -0.15) is 0 Å². The molecule has 0 saturated heterocycles. The summed E-state index contributed by atoms with van der Waals surface area (Å²) in [5.74, 6) is -0.172. The molecule has 0 nitrogen and oxygen atoms in total. The van der Waals surface area contributed by atoms with E-state index in [-0.39, 0.29) is 10.9 Å². The van der Waals surface area contributed by atoms with Gasteiger partial charge in [-0.05, 0) is 12.0 Å². The molecule has 0 heterocycles. The predicted octanol–water partition coefficient (Wildman–Crippen LogP) is 2.92. The summed E-state index contributed by atoms with van der Waals surface area (Å²) in [7, 11) is 0.780. The van der Waals surface area contributed by atoms with Crippen LogP contribution in [0.5, 0.6) is 0 Å². The lowest BCUT2D eigenvalue weighted by molar-refractivity contribution is 0.470. The second-order valence-corrected chi connectivity index (χ2v) is 5.91. The van der Waals surface area contributed by atoms with Crippen molar-refractivity contribution in [1.82, 2.24) is 0 Å². The van der Waals surface area contributed by atoms with Gasteiger partial charge in [0.1, 0.15) is 0 Å². The molecule has 0 saturated carbocycles. The van der Waals surface area contributed by atoms with Gasteiger partial charge in [0.15, 0.2) is 0 Å². The van der Waals surface area contributed by atoms with Crippen molar-refractivity contribution in [3.05, 3.63) is 48.3 Å². The highest BCUT2D eigenvalue weighted by Gasteiger charge is 2.29. The van der Waals surface area contributed by atoms with Gasteiger partial charge in [-0.25, -0.2) is 4.39 Å². The van der Waals surface area contributed by atoms with Crippen LogP contribution in [-0.4, -0.2) is 10.2 Å². The molecule has 0 fully saturated rings. The van der Waals surface area contributed by atoms with Crippen LogP contribution in [0.15, 0.2) is 42.7 Å². The highest BCUT2D eigenvalue weighted by Crippen LogP contribution is 2.33. The molecule has 0 amide bonds. The minimum Gasteiger partial charge on any atom is -0.212 e. The summed E-state index contributed by atoms with van der Waals surface area (Å²) in [5, 5.41) is -0.378. The zero-order valence-corrected chi connectivity index (χ0v) is 11.6. The Labute approximate surface area is 94.6 Å². The normalized spacial score (nSPS) is 14.8. The van der Waals surface area contributed by atoms with E-state index in [1.165, 1.54) is 0 Å². The molecule has 0 radical (unpaired) electrons. The highest BCUT2D eigenvalue weighted by molar-refractivity contribution is 6.17. The highest BCUT2D eigenvalue weighted by atomic mass is 28.1. The van der Waals surface area contributed by atoms with Crippen LogP contribution in [0.1, 0.15) is 31.7 Å². The Kier molecular flexibility index (Phi) is 4.27. The lowest BCUT2D eigenvalue weighted by Gasteiger charge is -2.28. The van der Waals surface area contributed by atoms with E-state index in [9.17, 15) is 4.39 Å². The Morgan fingerprint density at radius 1 is 1.40 bits per heavy atom. The SMILES string of the molecule is C=C(F)C([SiH3])(CCCC)c1ccccc1. The summed E-state index contributed by atoms with van der Waals surface area (Å²) in [5.41, 5.74) is 1.08. The van der Waals surface area contributed by atoms with Crippen LogP contribution in [0.3, 0.4) is 0 Å². The summed E-state index contributed by atoms with van der Waals surface area (Å²) >= 11 is 0. The van der Waals surface area contributed by atoms with Crippen LogP contribution in [0.2, 0.25) is 0 Å².